The zero-order valence-electron chi connectivity index (χ0n) is 18.3. The fourth-order valence-corrected chi connectivity index (χ4v) is 5.26. The van der Waals surface area contributed by atoms with E-state index < -0.39 is 10.0 Å². The standard InChI is InChI=1S/C24H25ClN4O3S/c1-19-22(23(25)29(26-19)18-21-10-6-3-7-11-21)24(30)27-13-15-28(16-14-27)33(31,32)17-12-20-8-4-2-5-9-20/h2-12,17H,13-16,18H2,1H3. The highest BCUT2D eigenvalue weighted by Crippen LogP contribution is 2.24. The molecule has 9 heteroatoms. The van der Waals surface area contributed by atoms with Crippen LogP contribution in [0.5, 0.6) is 0 Å². The van der Waals surface area contributed by atoms with E-state index in [1.165, 1.54) is 9.71 Å². The van der Waals surface area contributed by atoms with E-state index in [1.54, 1.807) is 22.6 Å². The van der Waals surface area contributed by atoms with Gasteiger partial charge in [-0.25, -0.2) is 13.1 Å². The van der Waals surface area contributed by atoms with Crippen LogP contribution in [-0.4, -0.2) is 59.5 Å². The second kappa shape index (κ2) is 9.91. The number of amides is 1. The minimum atomic E-state index is -3.57. The number of aromatic nitrogens is 2. The van der Waals surface area contributed by atoms with Crippen molar-refractivity contribution in [2.45, 2.75) is 13.5 Å². The van der Waals surface area contributed by atoms with Gasteiger partial charge in [0.25, 0.3) is 5.91 Å². The molecule has 1 aliphatic heterocycles. The molecule has 3 aromatic rings. The number of carbonyl (C=O) groups excluding carboxylic acids is 1. The maximum absolute atomic E-state index is 13.2. The van der Waals surface area contributed by atoms with E-state index in [0.717, 1.165) is 11.1 Å². The number of hydrogen-bond donors (Lipinski definition) is 0. The molecule has 1 fully saturated rings. The van der Waals surface area contributed by atoms with Crippen LogP contribution in [0, 0.1) is 6.92 Å². The van der Waals surface area contributed by atoms with Crippen LogP contribution < -0.4 is 0 Å². The summed E-state index contributed by atoms with van der Waals surface area (Å²) in [5.41, 5.74) is 2.77. The predicted molar refractivity (Wildman–Crippen MR) is 129 cm³/mol. The van der Waals surface area contributed by atoms with Gasteiger partial charge in [-0.05, 0) is 24.1 Å². The van der Waals surface area contributed by atoms with Gasteiger partial charge >= 0.3 is 0 Å². The fourth-order valence-electron chi connectivity index (χ4n) is 3.78. The van der Waals surface area contributed by atoms with Gasteiger partial charge in [-0.15, -0.1) is 0 Å². The van der Waals surface area contributed by atoms with Crippen molar-refractivity contribution < 1.29 is 13.2 Å². The Morgan fingerprint density at radius 1 is 1.00 bits per heavy atom. The molecular weight excluding hydrogens is 460 g/mol. The van der Waals surface area contributed by atoms with Crippen molar-refractivity contribution in [3.8, 4) is 0 Å². The van der Waals surface area contributed by atoms with Crippen LogP contribution >= 0.6 is 11.6 Å². The van der Waals surface area contributed by atoms with Crippen molar-refractivity contribution in [3.63, 3.8) is 0 Å². The molecule has 1 aromatic heterocycles. The van der Waals surface area contributed by atoms with Gasteiger partial charge < -0.3 is 4.90 Å². The van der Waals surface area contributed by atoms with Gasteiger partial charge in [0.1, 0.15) is 5.15 Å². The fraction of sp³-hybridized carbons (Fsp3) is 0.250. The number of carbonyl (C=O) groups is 1. The van der Waals surface area contributed by atoms with Crippen molar-refractivity contribution >= 4 is 33.6 Å². The molecule has 7 nitrogen and oxygen atoms in total. The molecule has 1 aliphatic rings. The summed E-state index contributed by atoms with van der Waals surface area (Å²) in [5.74, 6) is -0.228. The van der Waals surface area contributed by atoms with E-state index in [0.29, 0.717) is 23.0 Å². The molecule has 1 saturated heterocycles. The van der Waals surface area contributed by atoms with Crippen LogP contribution in [0.25, 0.3) is 6.08 Å². The summed E-state index contributed by atoms with van der Waals surface area (Å²) in [4.78, 5) is 14.8. The molecule has 2 heterocycles. The Labute approximate surface area is 198 Å². The second-order valence-electron chi connectivity index (χ2n) is 7.84. The number of rotatable bonds is 6. The van der Waals surface area contributed by atoms with E-state index in [-0.39, 0.29) is 32.1 Å². The smallest absolute Gasteiger partial charge is 0.258 e. The molecule has 33 heavy (non-hydrogen) atoms. The monoisotopic (exact) mass is 484 g/mol. The van der Waals surface area contributed by atoms with Crippen molar-refractivity contribution in [2.75, 3.05) is 26.2 Å². The molecule has 172 valence electrons. The number of halogens is 1. The zero-order valence-corrected chi connectivity index (χ0v) is 19.8. The minimum Gasteiger partial charge on any atom is -0.336 e. The lowest BCUT2D eigenvalue weighted by molar-refractivity contribution is 0.0698. The first-order valence-corrected chi connectivity index (χ1v) is 12.5. The van der Waals surface area contributed by atoms with Crippen LogP contribution in [-0.2, 0) is 16.6 Å². The summed E-state index contributed by atoms with van der Waals surface area (Å²) >= 11 is 6.53. The third kappa shape index (κ3) is 5.35. The van der Waals surface area contributed by atoms with Crippen molar-refractivity contribution in [1.82, 2.24) is 19.0 Å². The third-order valence-electron chi connectivity index (χ3n) is 5.57. The first-order chi connectivity index (χ1) is 15.8. The molecule has 0 bridgehead atoms. The van der Waals surface area contributed by atoms with Gasteiger partial charge in [0.2, 0.25) is 10.0 Å². The average Bonchev–Trinajstić information content (AvgIpc) is 3.11. The van der Waals surface area contributed by atoms with Gasteiger partial charge in [0.15, 0.2) is 0 Å². The first kappa shape index (κ1) is 23.2. The molecule has 0 atom stereocenters. The summed E-state index contributed by atoms with van der Waals surface area (Å²) in [6, 6.07) is 19.0. The maximum Gasteiger partial charge on any atom is 0.258 e. The Bertz CT molecular complexity index is 1250. The average molecular weight is 485 g/mol. The number of piperazine rings is 1. The Balaban J connectivity index is 1.42. The van der Waals surface area contributed by atoms with Gasteiger partial charge in [0, 0.05) is 31.6 Å². The number of aryl methyl sites for hydroxylation is 1. The lowest BCUT2D eigenvalue weighted by Gasteiger charge is -2.33. The molecule has 1 amide bonds. The number of hydrogen-bond acceptors (Lipinski definition) is 4. The van der Waals surface area contributed by atoms with E-state index in [9.17, 15) is 13.2 Å². The van der Waals surface area contributed by atoms with Crippen molar-refractivity contribution in [1.29, 1.82) is 0 Å². The highest BCUT2D eigenvalue weighted by atomic mass is 35.5. The molecule has 2 aromatic carbocycles. The van der Waals surface area contributed by atoms with Crippen molar-refractivity contribution in [2.24, 2.45) is 0 Å². The Morgan fingerprint density at radius 2 is 1.61 bits per heavy atom. The highest BCUT2D eigenvalue weighted by molar-refractivity contribution is 7.92. The summed E-state index contributed by atoms with van der Waals surface area (Å²) in [6.07, 6.45) is 1.58. The van der Waals surface area contributed by atoms with Crippen LogP contribution in [0.15, 0.2) is 66.1 Å². The minimum absolute atomic E-state index is 0.224. The summed E-state index contributed by atoms with van der Waals surface area (Å²) in [5, 5.41) is 5.96. The largest absolute Gasteiger partial charge is 0.336 e. The normalized spacial score (nSPS) is 15.3. The highest BCUT2D eigenvalue weighted by Gasteiger charge is 2.31. The molecule has 0 N–H and O–H groups in total. The molecule has 0 spiro atoms. The molecule has 0 aliphatic carbocycles. The van der Waals surface area contributed by atoms with Crippen LogP contribution in [0.2, 0.25) is 5.15 Å². The van der Waals surface area contributed by atoms with E-state index >= 15 is 0 Å². The summed E-state index contributed by atoms with van der Waals surface area (Å²) in [6.45, 7) is 3.25. The number of nitrogens with zero attached hydrogens (tertiary/aromatic N) is 4. The molecule has 0 unspecified atom stereocenters. The molecule has 0 radical (unpaired) electrons. The van der Waals surface area contributed by atoms with E-state index in [4.69, 9.17) is 11.6 Å². The summed E-state index contributed by atoms with van der Waals surface area (Å²) in [7, 11) is -3.57. The Hall–Kier alpha value is -2.94. The zero-order chi connectivity index (χ0) is 23.4. The lowest BCUT2D eigenvalue weighted by Crippen LogP contribution is -2.50. The number of benzene rings is 2. The van der Waals surface area contributed by atoms with Crippen LogP contribution in [0.3, 0.4) is 0 Å². The third-order valence-corrected chi connectivity index (χ3v) is 7.52. The maximum atomic E-state index is 13.2. The van der Waals surface area contributed by atoms with Gasteiger partial charge in [-0.2, -0.15) is 9.40 Å². The molecular formula is C24H25ClN4O3S. The molecule has 4 rings (SSSR count). The van der Waals surface area contributed by atoms with Gasteiger partial charge in [-0.1, -0.05) is 72.3 Å². The quantitative estimate of drug-likeness (QED) is 0.535. The van der Waals surface area contributed by atoms with Crippen LogP contribution in [0.4, 0.5) is 0 Å². The van der Waals surface area contributed by atoms with Gasteiger partial charge in [0.05, 0.1) is 17.8 Å². The molecule has 0 saturated carbocycles. The van der Waals surface area contributed by atoms with E-state index in [1.807, 2.05) is 60.7 Å². The lowest BCUT2D eigenvalue weighted by atomic mass is 10.2. The van der Waals surface area contributed by atoms with Gasteiger partial charge in [-0.3, -0.25) is 4.79 Å². The van der Waals surface area contributed by atoms with Crippen LogP contribution in [0.1, 0.15) is 27.2 Å². The van der Waals surface area contributed by atoms with E-state index in [2.05, 4.69) is 5.10 Å². The number of sulfonamides is 1. The SMILES string of the molecule is Cc1nn(Cc2ccccc2)c(Cl)c1C(=O)N1CCN(S(=O)(=O)C=Cc2ccccc2)CC1. The Kier molecular flexibility index (Phi) is 6.97. The Morgan fingerprint density at radius 3 is 2.24 bits per heavy atom. The first-order valence-electron chi connectivity index (χ1n) is 10.6. The van der Waals surface area contributed by atoms with Crippen molar-refractivity contribution in [3.05, 3.63) is 93.6 Å². The summed E-state index contributed by atoms with van der Waals surface area (Å²) < 4.78 is 28.4. The second-order valence-corrected chi connectivity index (χ2v) is 10.0. The topological polar surface area (TPSA) is 75.5 Å². The predicted octanol–water partition coefficient (Wildman–Crippen LogP) is 3.65.